The molecule has 7 nitrogen and oxygen atoms in total. The summed E-state index contributed by atoms with van der Waals surface area (Å²) in [6.07, 6.45) is 0.162. The van der Waals surface area contributed by atoms with Crippen LogP contribution in [-0.2, 0) is 16.0 Å². The zero-order chi connectivity index (χ0) is 23.3. The highest BCUT2D eigenvalue weighted by Crippen LogP contribution is 2.34. The number of carbonyl (C=O) groups excluding carboxylic acids is 3. The smallest absolute Gasteiger partial charge is 0.340 e. The first-order chi connectivity index (χ1) is 15.3. The van der Waals surface area contributed by atoms with Crippen LogP contribution in [0, 0.1) is 13.8 Å². The van der Waals surface area contributed by atoms with Crippen LogP contribution in [0.25, 0.3) is 0 Å². The molecule has 0 fully saturated rings. The van der Waals surface area contributed by atoms with E-state index in [9.17, 15) is 14.4 Å². The van der Waals surface area contributed by atoms with E-state index in [1.807, 2.05) is 31.4 Å². The molecule has 3 aromatic rings. The van der Waals surface area contributed by atoms with E-state index in [4.69, 9.17) is 14.2 Å². The predicted octanol–water partition coefficient (Wildman–Crippen LogP) is 4.66. The molecular formula is C23H23NO6S2. The molecule has 0 unspecified atom stereocenters. The number of hydrogen-bond acceptors (Lipinski definition) is 8. The number of ketones is 1. The number of thiophene rings is 2. The van der Waals surface area contributed by atoms with Crippen molar-refractivity contribution in [2.24, 2.45) is 0 Å². The molecule has 168 valence electrons. The fourth-order valence-corrected chi connectivity index (χ4v) is 4.76. The Morgan fingerprint density at radius 3 is 2.31 bits per heavy atom. The average Bonchev–Trinajstić information content (AvgIpc) is 3.39. The van der Waals surface area contributed by atoms with Crippen LogP contribution in [0.4, 0.5) is 5.69 Å². The molecule has 0 saturated carbocycles. The van der Waals surface area contributed by atoms with Crippen molar-refractivity contribution < 1.29 is 28.6 Å². The fourth-order valence-electron chi connectivity index (χ4n) is 3.11. The Bertz CT molecular complexity index is 1130. The lowest BCUT2D eigenvalue weighted by molar-refractivity contribution is -0.115. The van der Waals surface area contributed by atoms with Gasteiger partial charge in [0, 0.05) is 32.3 Å². The number of carbonyl (C=O) groups is 3. The Hall–Kier alpha value is -3.17. The van der Waals surface area contributed by atoms with E-state index in [-0.39, 0.29) is 29.4 Å². The summed E-state index contributed by atoms with van der Waals surface area (Å²) in [5, 5.41) is 4.62. The number of nitrogens with one attached hydrogen (secondary N) is 1. The van der Waals surface area contributed by atoms with Gasteiger partial charge in [0.2, 0.25) is 11.7 Å². The highest BCUT2D eigenvalue weighted by Gasteiger charge is 2.22. The van der Waals surface area contributed by atoms with Crippen LogP contribution in [0.5, 0.6) is 11.5 Å². The van der Waals surface area contributed by atoms with Crippen LogP contribution in [0.3, 0.4) is 0 Å². The largest absolute Gasteiger partial charge is 0.493 e. The monoisotopic (exact) mass is 473 g/mol. The molecule has 3 rings (SSSR count). The molecule has 1 aromatic carbocycles. The van der Waals surface area contributed by atoms with Crippen molar-refractivity contribution in [1.82, 2.24) is 0 Å². The molecule has 0 saturated heterocycles. The van der Waals surface area contributed by atoms with E-state index in [2.05, 4.69) is 5.32 Å². The summed E-state index contributed by atoms with van der Waals surface area (Å²) in [5.41, 5.74) is 0.814. The number of ether oxygens (including phenoxy) is 3. The van der Waals surface area contributed by atoms with Gasteiger partial charge in [-0.15, -0.1) is 22.7 Å². The molecule has 2 aromatic heterocycles. The highest BCUT2D eigenvalue weighted by molar-refractivity contribution is 7.12. The number of hydrogen-bond donors (Lipinski definition) is 1. The fraction of sp³-hybridized carbons (Fsp3) is 0.261. The number of rotatable bonds is 9. The first-order valence-corrected chi connectivity index (χ1v) is 11.4. The van der Waals surface area contributed by atoms with E-state index in [0.29, 0.717) is 17.1 Å². The van der Waals surface area contributed by atoms with Crippen LogP contribution in [0.1, 0.15) is 35.3 Å². The van der Waals surface area contributed by atoms with Crippen molar-refractivity contribution in [3.63, 3.8) is 0 Å². The van der Waals surface area contributed by atoms with E-state index in [1.165, 1.54) is 49.0 Å². The van der Waals surface area contributed by atoms with Crippen LogP contribution in [0.2, 0.25) is 0 Å². The van der Waals surface area contributed by atoms with Crippen LogP contribution in [-0.4, -0.2) is 38.5 Å². The zero-order valence-electron chi connectivity index (χ0n) is 18.1. The van der Waals surface area contributed by atoms with E-state index >= 15 is 0 Å². The third-order valence-corrected chi connectivity index (χ3v) is 6.45. The molecule has 0 aliphatic heterocycles. The molecular weight excluding hydrogens is 450 g/mol. The topological polar surface area (TPSA) is 90.9 Å². The normalized spacial score (nSPS) is 10.5. The summed E-state index contributed by atoms with van der Waals surface area (Å²) in [6, 6.07) is 8.42. The summed E-state index contributed by atoms with van der Waals surface area (Å²) in [4.78, 5) is 40.6. The van der Waals surface area contributed by atoms with Crippen molar-refractivity contribution >= 4 is 46.0 Å². The molecule has 32 heavy (non-hydrogen) atoms. The van der Waals surface area contributed by atoms with Crippen molar-refractivity contribution in [1.29, 1.82) is 0 Å². The highest BCUT2D eigenvalue weighted by atomic mass is 32.1. The van der Waals surface area contributed by atoms with Crippen molar-refractivity contribution in [2.45, 2.75) is 20.3 Å². The Morgan fingerprint density at radius 2 is 1.72 bits per heavy atom. The van der Waals surface area contributed by atoms with Crippen LogP contribution >= 0.6 is 22.7 Å². The van der Waals surface area contributed by atoms with Crippen molar-refractivity contribution in [3.8, 4) is 11.5 Å². The SMILES string of the molecule is COc1cc(NC(=O)Cc2cccs2)c(C(=O)OCC(=O)c2cc(C)sc2C)cc1OC. The van der Waals surface area contributed by atoms with Gasteiger partial charge in [0.25, 0.3) is 0 Å². The van der Waals surface area contributed by atoms with Crippen molar-refractivity contribution in [2.75, 3.05) is 26.1 Å². The van der Waals surface area contributed by atoms with Crippen LogP contribution in [0.15, 0.2) is 35.7 Å². The number of Topliss-reactive ketones (excluding diaryl/α,β-unsaturated/α-hetero) is 1. The van der Waals surface area contributed by atoms with Gasteiger partial charge in [-0.05, 0) is 31.4 Å². The molecule has 0 aliphatic rings. The van der Waals surface area contributed by atoms with Gasteiger partial charge in [0.15, 0.2) is 18.1 Å². The van der Waals surface area contributed by atoms with Gasteiger partial charge in [0.1, 0.15) is 0 Å². The summed E-state index contributed by atoms with van der Waals surface area (Å²) < 4.78 is 15.8. The number of anilines is 1. The zero-order valence-corrected chi connectivity index (χ0v) is 19.8. The molecule has 1 N–H and O–H groups in total. The number of amides is 1. The first-order valence-electron chi connectivity index (χ1n) is 9.68. The summed E-state index contributed by atoms with van der Waals surface area (Å²) in [6.45, 7) is 3.35. The van der Waals surface area contributed by atoms with Gasteiger partial charge < -0.3 is 19.5 Å². The van der Waals surface area contributed by atoms with E-state index < -0.39 is 12.6 Å². The van der Waals surface area contributed by atoms with Crippen LogP contribution < -0.4 is 14.8 Å². The van der Waals surface area contributed by atoms with E-state index in [0.717, 1.165) is 14.6 Å². The van der Waals surface area contributed by atoms with Gasteiger partial charge in [-0.2, -0.15) is 0 Å². The standard InChI is InChI=1S/C23H23NO6S2/c1-13-8-16(14(2)32-13)19(25)12-30-23(27)17-10-20(28-3)21(29-4)11-18(17)24-22(26)9-15-6-5-7-31-15/h5-8,10-11H,9,12H2,1-4H3,(H,24,26). The minimum absolute atomic E-state index is 0.0631. The summed E-state index contributed by atoms with van der Waals surface area (Å²) >= 11 is 2.97. The number of esters is 1. The Balaban J connectivity index is 1.80. The molecule has 0 atom stereocenters. The molecule has 0 aliphatic carbocycles. The van der Waals surface area contributed by atoms with Gasteiger partial charge in [-0.25, -0.2) is 4.79 Å². The Kier molecular flexibility index (Phi) is 7.66. The molecule has 9 heteroatoms. The second kappa shape index (κ2) is 10.4. The summed E-state index contributed by atoms with van der Waals surface area (Å²) in [7, 11) is 2.89. The third kappa shape index (κ3) is 5.54. The maximum atomic E-state index is 12.8. The molecule has 0 spiro atoms. The maximum absolute atomic E-state index is 12.8. The molecule has 1 amide bonds. The molecule has 0 radical (unpaired) electrons. The van der Waals surface area contributed by atoms with Gasteiger partial charge in [0.05, 0.1) is 31.9 Å². The van der Waals surface area contributed by atoms with Gasteiger partial charge in [-0.3, -0.25) is 9.59 Å². The predicted molar refractivity (Wildman–Crippen MR) is 125 cm³/mol. The molecule has 2 heterocycles. The van der Waals surface area contributed by atoms with Crippen molar-refractivity contribution in [3.05, 3.63) is 61.5 Å². The summed E-state index contributed by atoms with van der Waals surface area (Å²) in [5.74, 6) is -0.698. The lowest BCUT2D eigenvalue weighted by Gasteiger charge is -2.15. The lowest BCUT2D eigenvalue weighted by atomic mass is 10.1. The number of benzene rings is 1. The third-order valence-electron chi connectivity index (χ3n) is 4.61. The minimum atomic E-state index is -0.754. The van der Waals surface area contributed by atoms with Gasteiger partial charge in [-0.1, -0.05) is 6.07 Å². The number of methoxy groups -OCH3 is 2. The first kappa shape index (κ1) is 23.5. The minimum Gasteiger partial charge on any atom is -0.493 e. The maximum Gasteiger partial charge on any atom is 0.340 e. The second-order valence-corrected chi connectivity index (χ2v) is 9.38. The Labute approximate surface area is 193 Å². The quantitative estimate of drug-likeness (QED) is 0.359. The molecule has 0 bridgehead atoms. The average molecular weight is 474 g/mol. The Morgan fingerprint density at radius 1 is 1.00 bits per heavy atom. The number of aryl methyl sites for hydroxylation is 2. The van der Waals surface area contributed by atoms with Gasteiger partial charge >= 0.3 is 5.97 Å². The van der Waals surface area contributed by atoms with E-state index in [1.54, 1.807) is 6.07 Å². The lowest BCUT2D eigenvalue weighted by Crippen LogP contribution is -2.19. The second-order valence-electron chi connectivity index (χ2n) is 6.88.